The van der Waals surface area contributed by atoms with Crippen molar-refractivity contribution in [3.63, 3.8) is 0 Å². The molecular weight excluding hydrogens is 466 g/mol. The topological polar surface area (TPSA) is 38.8 Å². The summed E-state index contributed by atoms with van der Waals surface area (Å²) >= 11 is 1.88. The molecule has 0 radical (unpaired) electrons. The van der Waals surface area contributed by atoms with Gasteiger partial charge in [0, 0.05) is 24.5 Å². The van der Waals surface area contributed by atoms with Crippen molar-refractivity contribution in [2.24, 2.45) is 0 Å². The largest absolute Gasteiger partial charge is 0.489 e. The van der Waals surface area contributed by atoms with Crippen LogP contribution in [0.3, 0.4) is 0 Å². The summed E-state index contributed by atoms with van der Waals surface area (Å²) in [6.07, 6.45) is 1.39. The summed E-state index contributed by atoms with van der Waals surface area (Å²) in [7, 11) is 1.40. The van der Waals surface area contributed by atoms with Gasteiger partial charge in [0.05, 0.1) is 19.4 Å². The predicted molar refractivity (Wildman–Crippen MR) is 139 cm³/mol. The molecule has 0 N–H and O–H groups in total. The Kier molecular flexibility index (Phi) is 9.59. The minimum atomic E-state index is -0.261. The van der Waals surface area contributed by atoms with Gasteiger partial charge in [0.15, 0.2) is 0 Å². The summed E-state index contributed by atoms with van der Waals surface area (Å²) in [6.45, 7) is 5.39. The molecule has 3 aromatic rings. The summed E-state index contributed by atoms with van der Waals surface area (Å²) in [5, 5.41) is 2.20. The monoisotopic (exact) mass is 495 g/mol. The Bertz CT molecular complexity index is 1150. The summed E-state index contributed by atoms with van der Waals surface area (Å²) in [4.78, 5) is 15.7. The minimum Gasteiger partial charge on any atom is -0.489 e. The molecule has 1 aromatic heterocycles. The van der Waals surface area contributed by atoms with Gasteiger partial charge in [0.2, 0.25) is 0 Å². The van der Waals surface area contributed by atoms with Gasteiger partial charge < -0.3 is 9.47 Å². The van der Waals surface area contributed by atoms with Crippen LogP contribution in [0.2, 0.25) is 0 Å². The van der Waals surface area contributed by atoms with Crippen LogP contribution in [0.4, 0.5) is 0 Å². The van der Waals surface area contributed by atoms with Crippen LogP contribution >= 0.6 is 23.7 Å². The van der Waals surface area contributed by atoms with Gasteiger partial charge in [-0.2, -0.15) is 0 Å². The Labute approximate surface area is 212 Å². The second-order valence-electron chi connectivity index (χ2n) is 8.23. The third-order valence-corrected chi connectivity index (χ3v) is 6.91. The molecule has 1 aliphatic rings. The first-order chi connectivity index (χ1) is 16.1. The van der Waals surface area contributed by atoms with Crippen molar-refractivity contribution < 1.29 is 14.3 Å². The number of methoxy groups -OCH3 is 1. The maximum Gasteiger partial charge on any atom is 0.307 e. The number of carbonyl (C=O) groups is 1. The van der Waals surface area contributed by atoms with Gasteiger partial charge >= 0.3 is 5.97 Å². The molecule has 178 valence electrons. The molecule has 0 aliphatic carbocycles. The van der Waals surface area contributed by atoms with Crippen LogP contribution in [0.5, 0.6) is 5.75 Å². The average Bonchev–Trinajstić information content (AvgIpc) is 3.31. The van der Waals surface area contributed by atoms with Crippen molar-refractivity contribution in [2.75, 3.05) is 13.7 Å². The highest BCUT2D eigenvalue weighted by atomic mass is 35.5. The van der Waals surface area contributed by atoms with Gasteiger partial charge in [-0.25, -0.2) is 0 Å². The van der Waals surface area contributed by atoms with E-state index in [1.807, 2.05) is 35.6 Å². The predicted octanol–water partition coefficient (Wildman–Crippen LogP) is 5.98. The lowest BCUT2D eigenvalue weighted by molar-refractivity contribution is -0.140. The zero-order chi connectivity index (χ0) is 23.0. The first kappa shape index (κ1) is 25.8. The number of fused-ring (bicyclic) bond motifs is 1. The van der Waals surface area contributed by atoms with Crippen LogP contribution in [-0.4, -0.2) is 24.5 Å². The first-order valence-electron chi connectivity index (χ1n) is 11.2. The van der Waals surface area contributed by atoms with Gasteiger partial charge in [-0.15, -0.1) is 29.7 Å². The van der Waals surface area contributed by atoms with Gasteiger partial charge in [0.25, 0.3) is 0 Å². The lowest BCUT2D eigenvalue weighted by atomic mass is 9.96. The highest BCUT2D eigenvalue weighted by Crippen LogP contribution is 2.26. The van der Waals surface area contributed by atoms with Crippen molar-refractivity contribution in [3.05, 3.63) is 87.1 Å². The number of rotatable bonds is 8. The fourth-order valence-corrected chi connectivity index (χ4v) is 5.05. The SMILES string of the molecule is CC#C[C@@H](CC(=O)OC)c1ccc(OCc2cccc(CN3CCc4sccc4C3)c2)cc1.Cl. The lowest BCUT2D eigenvalue weighted by Crippen LogP contribution is -2.29. The summed E-state index contributed by atoms with van der Waals surface area (Å²) < 4.78 is 10.8. The van der Waals surface area contributed by atoms with Gasteiger partial charge in [0.1, 0.15) is 12.4 Å². The number of esters is 1. The Morgan fingerprint density at radius 3 is 2.71 bits per heavy atom. The zero-order valence-electron chi connectivity index (χ0n) is 19.6. The molecule has 6 heteroatoms. The second-order valence-corrected chi connectivity index (χ2v) is 9.24. The van der Waals surface area contributed by atoms with E-state index >= 15 is 0 Å². The molecule has 0 fully saturated rings. The van der Waals surface area contributed by atoms with Crippen molar-refractivity contribution >= 4 is 29.7 Å². The van der Waals surface area contributed by atoms with Crippen LogP contribution in [0, 0.1) is 11.8 Å². The number of thiophene rings is 1. The number of nitrogens with zero attached hydrogens (tertiary/aromatic N) is 1. The van der Waals surface area contributed by atoms with Gasteiger partial charge in [-0.3, -0.25) is 9.69 Å². The number of hydrogen-bond acceptors (Lipinski definition) is 5. The van der Waals surface area contributed by atoms with E-state index in [0.717, 1.165) is 42.9 Å². The molecule has 0 unspecified atom stereocenters. The zero-order valence-corrected chi connectivity index (χ0v) is 21.2. The standard InChI is InChI=1S/C28H29NO3S.ClH/c1-3-5-24(17-28(30)31-2)23-8-10-26(11-9-23)32-20-22-7-4-6-21(16-22)18-29-14-12-27-25(19-29)13-15-33-27;/h4,6-11,13,15-16,24H,12,14,17-20H2,1-2H3;1H/t24-;/m0./s1. The molecule has 2 aromatic carbocycles. The minimum absolute atomic E-state index is 0. The number of hydrogen-bond donors (Lipinski definition) is 0. The molecule has 1 aliphatic heterocycles. The van der Waals surface area contributed by atoms with Crippen molar-refractivity contribution in [1.29, 1.82) is 0 Å². The molecule has 4 nitrogen and oxygen atoms in total. The van der Waals surface area contributed by atoms with Crippen LogP contribution < -0.4 is 4.74 Å². The normalized spacial score (nSPS) is 13.6. The fraction of sp³-hybridized carbons (Fsp3) is 0.321. The van der Waals surface area contributed by atoms with Crippen LogP contribution in [-0.2, 0) is 35.6 Å². The van der Waals surface area contributed by atoms with Crippen LogP contribution in [0.1, 0.15) is 46.4 Å². The van der Waals surface area contributed by atoms with E-state index in [1.165, 1.54) is 23.1 Å². The fourth-order valence-electron chi connectivity index (χ4n) is 4.16. The number of halogens is 1. The molecule has 0 saturated heterocycles. The maximum atomic E-state index is 11.7. The molecule has 0 bridgehead atoms. The molecule has 34 heavy (non-hydrogen) atoms. The van der Waals surface area contributed by atoms with Crippen LogP contribution in [0.25, 0.3) is 0 Å². The van der Waals surface area contributed by atoms with Crippen LogP contribution in [0.15, 0.2) is 60.0 Å². The molecular formula is C28H30ClNO3S. The molecule has 4 rings (SSSR count). The molecule has 2 heterocycles. The van der Waals surface area contributed by atoms with E-state index in [4.69, 9.17) is 9.47 Å². The number of ether oxygens (including phenoxy) is 2. The Morgan fingerprint density at radius 1 is 1.15 bits per heavy atom. The molecule has 0 saturated carbocycles. The highest BCUT2D eigenvalue weighted by Gasteiger charge is 2.17. The highest BCUT2D eigenvalue weighted by molar-refractivity contribution is 7.10. The Balaban J connectivity index is 0.00000324. The van der Waals surface area contributed by atoms with E-state index in [1.54, 1.807) is 6.92 Å². The first-order valence-corrected chi connectivity index (χ1v) is 12.1. The molecule has 0 spiro atoms. The quantitative estimate of drug-likeness (QED) is 0.285. The third-order valence-electron chi connectivity index (χ3n) is 5.89. The Hall–Kier alpha value is -2.78. The van der Waals surface area contributed by atoms with E-state index in [0.29, 0.717) is 6.61 Å². The van der Waals surface area contributed by atoms with E-state index in [-0.39, 0.29) is 30.7 Å². The Morgan fingerprint density at radius 2 is 1.94 bits per heavy atom. The number of benzene rings is 2. The van der Waals surface area contributed by atoms with Crippen molar-refractivity contribution in [3.8, 4) is 17.6 Å². The average molecular weight is 496 g/mol. The molecule has 1 atom stereocenters. The summed E-state index contributed by atoms with van der Waals surface area (Å²) in [5.74, 6) is 6.36. The van der Waals surface area contributed by atoms with E-state index in [2.05, 4.69) is 52.5 Å². The lowest BCUT2D eigenvalue weighted by Gasteiger charge is -2.27. The maximum absolute atomic E-state index is 11.7. The molecule has 0 amide bonds. The van der Waals surface area contributed by atoms with Gasteiger partial charge in [-0.05, 0) is 59.2 Å². The number of carbonyl (C=O) groups excluding carboxylic acids is 1. The van der Waals surface area contributed by atoms with E-state index < -0.39 is 0 Å². The summed E-state index contributed by atoms with van der Waals surface area (Å²) in [6, 6.07) is 18.7. The second kappa shape index (κ2) is 12.6. The van der Waals surface area contributed by atoms with E-state index in [9.17, 15) is 4.79 Å². The van der Waals surface area contributed by atoms with Crippen molar-refractivity contribution in [2.45, 2.75) is 45.4 Å². The summed E-state index contributed by atoms with van der Waals surface area (Å²) in [5.41, 5.74) is 4.94. The van der Waals surface area contributed by atoms with Crippen molar-refractivity contribution in [1.82, 2.24) is 4.90 Å². The third kappa shape index (κ3) is 6.87. The van der Waals surface area contributed by atoms with Gasteiger partial charge in [-0.1, -0.05) is 42.3 Å². The smallest absolute Gasteiger partial charge is 0.307 e.